The molecule has 0 saturated heterocycles. The fraction of sp³-hybridized carbons (Fsp3) is 0.167. The molecule has 0 aliphatic rings. The third-order valence-corrected chi connectivity index (χ3v) is 5.12. The minimum Gasteiger partial charge on any atom is -0.306 e. The van der Waals surface area contributed by atoms with Crippen LogP contribution in [-0.2, 0) is 7.05 Å². The van der Waals surface area contributed by atoms with Crippen LogP contribution < -0.4 is 5.32 Å². The van der Waals surface area contributed by atoms with Crippen LogP contribution >= 0.6 is 0 Å². The van der Waals surface area contributed by atoms with Gasteiger partial charge in [-0.2, -0.15) is 15.5 Å². The van der Waals surface area contributed by atoms with Crippen molar-refractivity contribution >= 4 is 11.7 Å². The Morgan fingerprint density at radius 3 is 2.45 bits per heavy atom. The Morgan fingerprint density at radius 2 is 1.81 bits per heavy atom. The highest BCUT2D eigenvalue weighted by atomic mass is 16.1. The molecule has 0 aliphatic heterocycles. The number of nitrogens with zero attached hydrogens (tertiary/aromatic N) is 5. The summed E-state index contributed by atoms with van der Waals surface area (Å²) in [5.74, 6) is 0.402. The van der Waals surface area contributed by atoms with Gasteiger partial charge in [0.25, 0.3) is 5.91 Å². The van der Waals surface area contributed by atoms with Crippen LogP contribution in [0.4, 0.5) is 5.82 Å². The minimum absolute atomic E-state index is 0.300. The van der Waals surface area contributed by atoms with Crippen LogP contribution in [0.1, 0.15) is 41.3 Å². The number of benzene rings is 2. The maximum absolute atomic E-state index is 13.2. The number of nitrogens with one attached hydrogen (secondary N) is 1. The van der Waals surface area contributed by atoms with Crippen LogP contribution in [0.3, 0.4) is 0 Å². The van der Waals surface area contributed by atoms with Gasteiger partial charge in [0, 0.05) is 18.8 Å². The van der Waals surface area contributed by atoms with Crippen molar-refractivity contribution in [2.75, 3.05) is 5.32 Å². The summed E-state index contributed by atoms with van der Waals surface area (Å²) in [5.41, 5.74) is 4.18. The van der Waals surface area contributed by atoms with Crippen LogP contribution in [0, 0.1) is 11.3 Å². The van der Waals surface area contributed by atoms with Gasteiger partial charge in [0.1, 0.15) is 23.1 Å². The smallest absolute Gasteiger partial charge is 0.260 e. The molecule has 0 aliphatic carbocycles. The van der Waals surface area contributed by atoms with E-state index in [0.29, 0.717) is 28.6 Å². The molecule has 0 bridgehead atoms. The minimum atomic E-state index is -0.356. The SMILES string of the molecule is CC(C)c1ccc(-c2nn(-c3ccccc3)cc2C(=O)Nc2c(C#N)cnn2C)cc1. The topological polar surface area (TPSA) is 88.5 Å². The molecular weight excluding hydrogens is 388 g/mol. The van der Waals surface area contributed by atoms with Crippen LogP contribution in [-0.4, -0.2) is 25.5 Å². The summed E-state index contributed by atoms with van der Waals surface area (Å²) in [6.07, 6.45) is 3.13. The van der Waals surface area contributed by atoms with Gasteiger partial charge in [-0.3, -0.25) is 9.48 Å². The molecule has 0 radical (unpaired) electrons. The van der Waals surface area contributed by atoms with E-state index in [4.69, 9.17) is 5.10 Å². The number of nitriles is 1. The molecule has 0 atom stereocenters. The maximum Gasteiger partial charge on any atom is 0.260 e. The second-order valence-corrected chi connectivity index (χ2v) is 7.54. The molecule has 2 aromatic heterocycles. The second kappa shape index (κ2) is 8.28. The zero-order chi connectivity index (χ0) is 22.0. The lowest BCUT2D eigenvalue weighted by Crippen LogP contribution is -2.15. The lowest BCUT2D eigenvalue weighted by molar-refractivity contribution is 0.102. The largest absolute Gasteiger partial charge is 0.306 e. The monoisotopic (exact) mass is 410 g/mol. The van der Waals surface area contributed by atoms with Gasteiger partial charge in [-0.05, 0) is 23.6 Å². The zero-order valence-electron chi connectivity index (χ0n) is 17.6. The number of amides is 1. The van der Waals surface area contributed by atoms with Gasteiger partial charge in [-0.15, -0.1) is 0 Å². The van der Waals surface area contributed by atoms with Crippen molar-refractivity contribution in [1.29, 1.82) is 5.26 Å². The fourth-order valence-electron chi connectivity index (χ4n) is 3.33. The first kappa shape index (κ1) is 20.1. The number of aryl methyl sites for hydroxylation is 1. The van der Waals surface area contributed by atoms with E-state index < -0.39 is 0 Å². The average Bonchev–Trinajstić information content (AvgIpc) is 3.39. The summed E-state index contributed by atoms with van der Waals surface area (Å²) in [6.45, 7) is 4.28. The molecule has 4 aromatic rings. The van der Waals surface area contributed by atoms with Crippen molar-refractivity contribution in [3.63, 3.8) is 0 Å². The Hall–Kier alpha value is -4.18. The van der Waals surface area contributed by atoms with Gasteiger partial charge in [0.15, 0.2) is 0 Å². The van der Waals surface area contributed by atoms with E-state index in [0.717, 1.165) is 11.3 Å². The zero-order valence-corrected chi connectivity index (χ0v) is 17.6. The van der Waals surface area contributed by atoms with Gasteiger partial charge in [0.2, 0.25) is 0 Å². The normalized spacial score (nSPS) is 10.8. The van der Waals surface area contributed by atoms with Crippen molar-refractivity contribution in [2.24, 2.45) is 7.05 Å². The van der Waals surface area contributed by atoms with Crippen LogP contribution in [0.25, 0.3) is 16.9 Å². The molecule has 2 aromatic carbocycles. The number of para-hydroxylation sites is 1. The standard InChI is InChI=1S/C24H22N6O/c1-16(2)17-9-11-18(12-10-17)22-21(15-30(28-22)20-7-5-4-6-8-20)24(31)27-23-19(13-25)14-26-29(23)3/h4-12,14-16H,1-3H3,(H,27,31). The van der Waals surface area contributed by atoms with E-state index in [-0.39, 0.29) is 5.91 Å². The molecular formula is C24H22N6O. The lowest BCUT2D eigenvalue weighted by atomic mass is 10.00. The number of carbonyl (C=O) groups is 1. The van der Waals surface area contributed by atoms with E-state index >= 15 is 0 Å². The summed E-state index contributed by atoms with van der Waals surface area (Å²) < 4.78 is 3.16. The second-order valence-electron chi connectivity index (χ2n) is 7.54. The number of hydrogen-bond donors (Lipinski definition) is 1. The molecule has 0 unspecified atom stereocenters. The van der Waals surface area contributed by atoms with Gasteiger partial charge >= 0.3 is 0 Å². The number of rotatable bonds is 5. The fourth-order valence-corrected chi connectivity index (χ4v) is 3.33. The Bertz CT molecular complexity index is 1260. The third kappa shape index (κ3) is 3.96. The first-order valence-electron chi connectivity index (χ1n) is 9.96. The Morgan fingerprint density at radius 1 is 1.10 bits per heavy atom. The van der Waals surface area contributed by atoms with Gasteiger partial charge < -0.3 is 5.32 Å². The molecule has 4 rings (SSSR count). The first-order valence-corrected chi connectivity index (χ1v) is 9.96. The number of carbonyl (C=O) groups excluding carboxylic acids is 1. The average molecular weight is 410 g/mol. The van der Waals surface area contributed by atoms with E-state index in [1.165, 1.54) is 16.4 Å². The summed E-state index contributed by atoms with van der Waals surface area (Å²) in [7, 11) is 1.68. The molecule has 7 nitrogen and oxygen atoms in total. The molecule has 1 amide bonds. The molecule has 0 fully saturated rings. The van der Waals surface area contributed by atoms with Crippen LogP contribution in [0.5, 0.6) is 0 Å². The van der Waals surface area contributed by atoms with E-state index in [2.05, 4.69) is 36.4 Å². The first-order chi connectivity index (χ1) is 15.0. The van der Waals surface area contributed by atoms with E-state index in [1.54, 1.807) is 17.9 Å². The summed E-state index contributed by atoms with van der Waals surface area (Å²) in [5, 5.41) is 20.9. The van der Waals surface area contributed by atoms with Crippen molar-refractivity contribution in [2.45, 2.75) is 19.8 Å². The van der Waals surface area contributed by atoms with Crippen molar-refractivity contribution in [3.8, 4) is 23.0 Å². The van der Waals surface area contributed by atoms with E-state index in [1.807, 2.05) is 48.5 Å². The Balaban J connectivity index is 1.78. The Kier molecular flexibility index (Phi) is 5.37. The van der Waals surface area contributed by atoms with Crippen molar-refractivity contribution in [1.82, 2.24) is 19.6 Å². The molecule has 1 N–H and O–H groups in total. The number of hydrogen-bond acceptors (Lipinski definition) is 4. The van der Waals surface area contributed by atoms with Crippen LogP contribution in [0.2, 0.25) is 0 Å². The number of aromatic nitrogens is 4. The van der Waals surface area contributed by atoms with Gasteiger partial charge in [-0.25, -0.2) is 4.68 Å². The third-order valence-electron chi connectivity index (χ3n) is 5.12. The van der Waals surface area contributed by atoms with Crippen molar-refractivity contribution in [3.05, 3.63) is 83.7 Å². The highest BCUT2D eigenvalue weighted by Crippen LogP contribution is 2.27. The van der Waals surface area contributed by atoms with Gasteiger partial charge in [-0.1, -0.05) is 56.3 Å². The predicted molar refractivity (Wildman–Crippen MR) is 119 cm³/mol. The lowest BCUT2D eigenvalue weighted by Gasteiger charge is -2.08. The quantitative estimate of drug-likeness (QED) is 0.524. The summed E-state index contributed by atoms with van der Waals surface area (Å²) in [6, 6.07) is 19.7. The van der Waals surface area contributed by atoms with Gasteiger partial charge in [0.05, 0.1) is 17.4 Å². The highest BCUT2D eigenvalue weighted by Gasteiger charge is 2.21. The maximum atomic E-state index is 13.2. The molecule has 0 saturated carbocycles. The number of anilines is 1. The predicted octanol–water partition coefficient (Wildman–Crippen LogP) is 4.52. The molecule has 7 heteroatoms. The van der Waals surface area contributed by atoms with Crippen LogP contribution in [0.15, 0.2) is 67.0 Å². The molecule has 0 spiro atoms. The summed E-state index contributed by atoms with van der Waals surface area (Å²) in [4.78, 5) is 13.2. The van der Waals surface area contributed by atoms with Crippen molar-refractivity contribution < 1.29 is 4.79 Å². The highest BCUT2D eigenvalue weighted by molar-refractivity contribution is 6.08. The molecule has 154 valence electrons. The molecule has 31 heavy (non-hydrogen) atoms. The van der Waals surface area contributed by atoms with E-state index in [9.17, 15) is 10.1 Å². The molecule has 2 heterocycles. The summed E-state index contributed by atoms with van der Waals surface area (Å²) >= 11 is 0. The Labute approximate surface area is 180 Å².